The Morgan fingerprint density at radius 3 is 2.56 bits per heavy atom. The molecule has 0 aliphatic heterocycles. The van der Waals surface area contributed by atoms with Crippen LogP contribution in [0.5, 0.6) is 11.5 Å². The van der Waals surface area contributed by atoms with E-state index in [9.17, 15) is 4.79 Å². The summed E-state index contributed by atoms with van der Waals surface area (Å²) < 4.78 is 16.4. The average Bonchev–Trinajstić information content (AvgIpc) is 2.69. The molecular formula is C21H26ClNO4. The Hall–Kier alpha value is -2.24. The lowest BCUT2D eigenvalue weighted by Crippen LogP contribution is -2.23. The van der Waals surface area contributed by atoms with Gasteiger partial charge in [-0.1, -0.05) is 42.8 Å². The molecule has 0 atom stereocenters. The number of benzene rings is 2. The predicted molar refractivity (Wildman–Crippen MR) is 107 cm³/mol. The Bertz CT molecular complexity index is 764. The molecule has 0 aliphatic carbocycles. The second-order valence-corrected chi connectivity index (χ2v) is 6.33. The monoisotopic (exact) mass is 391 g/mol. The zero-order valence-electron chi connectivity index (χ0n) is 16.0. The second kappa shape index (κ2) is 10.8. The van der Waals surface area contributed by atoms with Gasteiger partial charge >= 0.3 is 0 Å². The summed E-state index contributed by atoms with van der Waals surface area (Å²) in [5.74, 6) is 0.668. The van der Waals surface area contributed by atoms with Gasteiger partial charge in [0.1, 0.15) is 0 Å². The topological polar surface area (TPSA) is 56.8 Å². The summed E-state index contributed by atoms with van der Waals surface area (Å²) in [6.07, 6.45) is 0.850. The van der Waals surface area contributed by atoms with E-state index in [0.29, 0.717) is 48.5 Å². The maximum Gasteiger partial charge on any atom is 0.251 e. The highest BCUT2D eigenvalue weighted by Gasteiger charge is 2.16. The molecule has 2 aromatic carbocycles. The standard InChI is InChI=1S/C21H26ClNO4/c1-4-10-27-20-18(22)11-17(12-19(20)25-3)21(24)23-13-15-8-6-7-9-16(15)14-26-5-2/h6-9,11-12H,4-5,10,13-14H2,1-3H3,(H,23,24). The van der Waals surface area contributed by atoms with Gasteiger partial charge in [0.05, 0.1) is 25.3 Å². The smallest absolute Gasteiger partial charge is 0.251 e. The minimum absolute atomic E-state index is 0.233. The molecule has 146 valence electrons. The molecule has 0 bridgehead atoms. The van der Waals surface area contributed by atoms with Gasteiger partial charge in [0.25, 0.3) is 5.91 Å². The fourth-order valence-electron chi connectivity index (χ4n) is 2.56. The SMILES string of the molecule is CCCOc1c(Cl)cc(C(=O)NCc2ccccc2COCC)cc1OC. The van der Waals surface area contributed by atoms with E-state index in [4.69, 9.17) is 25.8 Å². The number of hydrogen-bond acceptors (Lipinski definition) is 4. The number of hydrogen-bond donors (Lipinski definition) is 1. The van der Waals surface area contributed by atoms with Gasteiger partial charge in [0.2, 0.25) is 0 Å². The number of methoxy groups -OCH3 is 1. The number of halogens is 1. The molecule has 5 nitrogen and oxygen atoms in total. The van der Waals surface area contributed by atoms with Crippen molar-refractivity contribution >= 4 is 17.5 Å². The Morgan fingerprint density at radius 2 is 1.89 bits per heavy atom. The summed E-state index contributed by atoms with van der Waals surface area (Å²) in [6, 6.07) is 11.1. The van der Waals surface area contributed by atoms with Crippen LogP contribution in [0.3, 0.4) is 0 Å². The van der Waals surface area contributed by atoms with Crippen molar-refractivity contribution in [3.05, 3.63) is 58.1 Å². The first-order chi connectivity index (χ1) is 13.1. The minimum Gasteiger partial charge on any atom is -0.493 e. The van der Waals surface area contributed by atoms with Crippen LogP contribution in [-0.4, -0.2) is 26.2 Å². The molecule has 27 heavy (non-hydrogen) atoms. The van der Waals surface area contributed by atoms with E-state index in [2.05, 4.69) is 5.32 Å². The molecule has 0 spiro atoms. The van der Waals surface area contributed by atoms with Crippen molar-refractivity contribution in [1.82, 2.24) is 5.32 Å². The number of amides is 1. The van der Waals surface area contributed by atoms with Crippen molar-refractivity contribution in [2.24, 2.45) is 0 Å². The van der Waals surface area contributed by atoms with E-state index in [-0.39, 0.29) is 5.91 Å². The van der Waals surface area contributed by atoms with Crippen molar-refractivity contribution in [1.29, 1.82) is 0 Å². The molecular weight excluding hydrogens is 366 g/mol. The lowest BCUT2D eigenvalue weighted by molar-refractivity contribution is 0.0949. The number of carbonyl (C=O) groups excluding carboxylic acids is 1. The van der Waals surface area contributed by atoms with Gasteiger partial charge in [-0.05, 0) is 36.6 Å². The van der Waals surface area contributed by atoms with Crippen LogP contribution in [0.25, 0.3) is 0 Å². The number of rotatable bonds is 10. The summed E-state index contributed by atoms with van der Waals surface area (Å²) >= 11 is 6.29. The van der Waals surface area contributed by atoms with E-state index in [1.165, 1.54) is 7.11 Å². The van der Waals surface area contributed by atoms with Gasteiger partial charge in [-0.3, -0.25) is 4.79 Å². The van der Waals surface area contributed by atoms with E-state index < -0.39 is 0 Å². The average molecular weight is 392 g/mol. The first-order valence-electron chi connectivity index (χ1n) is 9.03. The fraction of sp³-hybridized carbons (Fsp3) is 0.381. The first-order valence-corrected chi connectivity index (χ1v) is 9.41. The van der Waals surface area contributed by atoms with Crippen LogP contribution in [0, 0.1) is 0 Å². The van der Waals surface area contributed by atoms with Gasteiger partial charge in [0, 0.05) is 18.7 Å². The van der Waals surface area contributed by atoms with Crippen LogP contribution in [0.4, 0.5) is 0 Å². The zero-order chi connectivity index (χ0) is 19.6. The predicted octanol–water partition coefficient (Wildman–Crippen LogP) is 4.60. The second-order valence-electron chi connectivity index (χ2n) is 5.93. The maximum absolute atomic E-state index is 12.6. The lowest BCUT2D eigenvalue weighted by Gasteiger charge is -2.14. The van der Waals surface area contributed by atoms with Crippen LogP contribution in [0.15, 0.2) is 36.4 Å². The molecule has 0 radical (unpaired) electrons. The maximum atomic E-state index is 12.6. The molecule has 2 rings (SSSR count). The Kier molecular flexibility index (Phi) is 8.43. The third kappa shape index (κ3) is 5.88. The minimum atomic E-state index is -0.233. The molecule has 0 aliphatic rings. The summed E-state index contributed by atoms with van der Waals surface area (Å²) in [5, 5.41) is 3.28. The molecule has 0 unspecified atom stereocenters. The molecule has 0 saturated heterocycles. The zero-order valence-corrected chi connectivity index (χ0v) is 16.8. The molecule has 6 heteroatoms. The first kappa shape index (κ1) is 21.1. The largest absolute Gasteiger partial charge is 0.493 e. The quantitative estimate of drug-likeness (QED) is 0.642. The molecule has 1 N–H and O–H groups in total. The molecule has 0 aromatic heterocycles. The van der Waals surface area contributed by atoms with Gasteiger partial charge in [-0.2, -0.15) is 0 Å². The van der Waals surface area contributed by atoms with Crippen LogP contribution in [-0.2, 0) is 17.9 Å². The normalized spacial score (nSPS) is 10.5. The molecule has 0 heterocycles. The Balaban J connectivity index is 2.11. The van der Waals surface area contributed by atoms with Crippen molar-refractivity contribution in [3.63, 3.8) is 0 Å². The van der Waals surface area contributed by atoms with E-state index in [0.717, 1.165) is 17.5 Å². The highest BCUT2D eigenvalue weighted by molar-refractivity contribution is 6.32. The summed E-state index contributed by atoms with van der Waals surface area (Å²) in [6.45, 7) is 6.05. The van der Waals surface area contributed by atoms with Crippen LogP contribution < -0.4 is 14.8 Å². The van der Waals surface area contributed by atoms with Crippen molar-refractivity contribution in [3.8, 4) is 11.5 Å². The third-order valence-corrected chi connectivity index (χ3v) is 4.24. The van der Waals surface area contributed by atoms with E-state index in [1.54, 1.807) is 12.1 Å². The van der Waals surface area contributed by atoms with Gasteiger partial charge in [0.15, 0.2) is 11.5 Å². The third-order valence-electron chi connectivity index (χ3n) is 3.96. The fourth-order valence-corrected chi connectivity index (χ4v) is 2.82. The van der Waals surface area contributed by atoms with Crippen LogP contribution in [0.2, 0.25) is 5.02 Å². The van der Waals surface area contributed by atoms with Crippen molar-refractivity contribution < 1.29 is 19.0 Å². The Morgan fingerprint density at radius 1 is 1.15 bits per heavy atom. The van der Waals surface area contributed by atoms with Gasteiger partial charge in [-0.25, -0.2) is 0 Å². The molecule has 0 fully saturated rings. The number of carbonyl (C=O) groups is 1. The van der Waals surface area contributed by atoms with Crippen LogP contribution >= 0.6 is 11.6 Å². The van der Waals surface area contributed by atoms with E-state index in [1.807, 2.05) is 38.1 Å². The molecule has 1 amide bonds. The van der Waals surface area contributed by atoms with Gasteiger partial charge < -0.3 is 19.5 Å². The highest BCUT2D eigenvalue weighted by Crippen LogP contribution is 2.36. The number of nitrogens with one attached hydrogen (secondary N) is 1. The van der Waals surface area contributed by atoms with E-state index >= 15 is 0 Å². The Labute approximate surface area is 165 Å². The summed E-state index contributed by atoms with van der Waals surface area (Å²) in [7, 11) is 1.52. The van der Waals surface area contributed by atoms with Crippen molar-refractivity contribution in [2.75, 3.05) is 20.3 Å². The summed E-state index contributed by atoms with van der Waals surface area (Å²) in [4.78, 5) is 12.6. The molecule has 2 aromatic rings. The highest BCUT2D eigenvalue weighted by atomic mass is 35.5. The number of ether oxygens (including phenoxy) is 3. The molecule has 0 saturated carbocycles. The van der Waals surface area contributed by atoms with Crippen LogP contribution in [0.1, 0.15) is 41.8 Å². The van der Waals surface area contributed by atoms with Crippen molar-refractivity contribution in [2.45, 2.75) is 33.4 Å². The van der Waals surface area contributed by atoms with Gasteiger partial charge in [-0.15, -0.1) is 0 Å². The lowest BCUT2D eigenvalue weighted by atomic mass is 10.1. The summed E-state index contributed by atoms with van der Waals surface area (Å²) in [5.41, 5.74) is 2.49.